The number of aliphatic imine (C=N–C) groups is 1. The maximum atomic E-state index is 5.26. The Morgan fingerprint density at radius 3 is 2.58 bits per heavy atom. The van der Waals surface area contributed by atoms with E-state index in [1.165, 1.54) is 38.0 Å². The molecular formula is C20H33IN4O. The highest BCUT2D eigenvalue weighted by molar-refractivity contribution is 14.0. The van der Waals surface area contributed by atoms with Gasteiger partial charge in [-0.3, -0.25) is 4.99 Å². The van der Waals surface area contributed by atoms with Crippen molar-refractivity contribution in [2.24, 2.45) is 10.9 Å². The molecule has 2 unspecified atom stereocenters. The van der Waals surface area contributed by atoms with Crippen LogP contribution in [0.4, 0.5) is 0 Å². The van der Waals surface area contributed by atoms with E-state index in [0.717, 1.165) is 37.3 Å². The van der Waals surface area contributed by atoms with E-state index in [0.29, 0.717) is 5.92 Å². The Bertz CT molecular complexity index is 578. The van der Waals surface area contributed by atoms with Crippen LogP contribution in [0.5, 0.6) is 5.75 Å². The SMILES string of the molecule is CCN1CCC(CNC(=NC)N2CCC(c3ccc(OC)cc3)C2)C1.I. The van der Waals surface area contributed by atoms with Crippen LogP contribution < -0.4 is 10.1 Å². The van der Waals surface area contributed by atoms with Crippen LogP contribution in [0, 0.1) is 5.92 Å². The molecule has 0 saturated carbocycles. The third kappa shape index (κ3) is 5.25. The van der Waals surface area contributed by atoms with E-state index in [9.17, 15) is 0 Å². The first-order valence-electron chi connectivity index (χ1n) is 9.55. The van der Waals surface area contributed by atoms with Crippen LogP contribution in [0.2, 0.25) is 0 Å². The minimum Gasteiger partial charge on any atom is -0.497 e. The molecule has 0 amide bonds. The minimum atomic E-state index is 0. The maximum absolute atomic E-state index is 5.26. The number of guanidine groups is 1. The van der Waals surface area contributed by atoms with Gasteiger partial charge >= 0.3 is 0 Å². The lowest BCUT2D eigenvalue weighted by atomic mass is 9.98. The van der Waals surface area contributed by atoms with Crippen LogP contribution in [0.15, 0.2) is 29.3 Å². The molecule has 0 spiro atoms. The second kappa shape index (κ2) is 10.3. The van der Waals surface area contributed by atoms with Crippen molar-refractivity contribution in [3.8, 4) is 5.75 Å². The van der Waals surface area contributed by atoms with Crippen LogP contribution in [0.1, 0.15) is 31.2 Å². The molecule has 2 aliphatic rings. The number of hydrogen-bond donors (Lipinski definition) is 1. The summed E-state index contributed by atoms with van der Waals surface area (Å²) in [6.45, 7) is 9.02. The Labute approximate surface area is 175 Å². The lowest BCUT2D eigenvalue weighted by Crippen LogP contribution is -2.42. The number of hydrogen-bond acceptors (Lipinski definition) is 3. The molecule has 3 rings (SSSR count). The van der Waals surface area contributed by atoms with Gasteiger partial charge in [-0.25, -0.2) is 0 Å². The molecule has 0 aliphatic carbocycles. The third-order valence-electron chi connectivity index (χ3n) is 5.65. The van der Waals surface area contributed by atoms with Crippen molar-refractivity contribution in [1.29, 1.82) is 0 Å². The summed E-state index contributed by atoms with van der Waals surface area (Å²) in [5.41, 5.74) is 1.40. The maximum Gasteiger partial charge on any atom is 0.193 e. The average Bonchev–Trinajstić information content (AvgIpc) is 3.32. The van der Waals surface area contributed by atoms with E-state index in [2.05, 4.69) is 51.3 Å². The number of methoxy groups -OCH3 is 1. The number of benzene rings is 1. The fourth-order valence-electron chi connectivity index (χ4n) is 4.04. The van der Waals surface area contributed by atoms with Gasteiger partial charge in [-0.2, -0.15) is 0 Å². The van der Waals surface area contributed by atoms with E-state index in [4.69, 9.17) is 4.74 Å². The Hall–Kier alpha value is -1.02. The fourth-order valence-corrected chi connectivity index (χ4v) is 4.04. The Morgan fingerprint density at radius 2 is 1.96 bits per heavy atom. The summed E-state index contributed by atoms with van der Waals surface area (Å²) in [6.07, 6.45) is 2.48. The molecule has 2 fully saturated rings. The molecule has 0 aromatic heterocycles. The van der Waals surface area contributed by atoms with Gasteiger partial charge in [0.2, 0.25) is 0 Å². The quantitative estimate of drug-likeness (QED) is 0.407. The predicted molar refractivity (Wildman–Crippen MR) is 119 cm³/mol. The summed E-state index contributed by atoms with van der Waals surface area (Å²) in [5, 5.41) is 3.62. The topological polar surface area (TPSA) is 40.1 Å². The van der Waals surface area contributed by atoms with Gasteiger partial charge in [0.1, 0.15) is 5.75 Å². The first kappa shape index (κ1) is 21.3. The van der Waals surface area contributed by atoms with E-state index in [1.54, 1.807) is 7.11 Å². The molecule has 6 heteroatoms. The second-order valence-corrected chi connectivity index (χ2v) is 7.18. The Morgan fingerprint density at radius 1 is 1.19 bits per heavy atom. The summed E-state index contributed by atoms with van der Waals surface area (Å²) in [4.78, 5) is 9.46. The standard InChI is InChI=1S/C20H32N4O.HI/c1-4-23-11-9-16(14-23)13-22-20(21-2)24-12-10-18(15-24)17-5-7-19(25-3)8-6-17;/h5-8,16,18H,4,9-15H2,1-3H3,(H,21,22);1H. The molecule has 1 N–H and O–H groups in total. The van der Waals surface area contributed by atoms with E-state index in [-0.39, 0.29) is 24.0 Å². The molecule has 2 heterocycles. The predicted octanol–water partition coefficient (Wildman–Crippen LogP) is 3.02. The smallest absolute Gasteiger partial charge is 0.193 e. The zero-order valence-electron chi connectivity index (χ0n) is 16.3. The lowest BCUT2D eigenvalue weighted by Gasteiger charge is -2.23. The number of rotatable bonds is 5. The zero-order chi connectivity index (χ0) is 17.6. The highest BCUT2D eigenvalue weighted by Gasteiger charge is 2.27. The number of nitrogens with zero attached hydrogens (tertiary/aromatic N) is 3. The Balaban J connectivity index is 0.00000243. The van der Waals surface area contributed by atoms with Crippen LogP contribution in [0.25, 0.3) is 0 Å². The average molecular weight is 472 g/mol. The number of likely N-dealkylation sites (tertiary alicyclic amines) is 2. The van der Waals surface area contributed by atoms with Gasteiger partial charge in [0, 0.05) is 39.1 Å². The normalized spacial score (nSPS) is 23.8. The van der Waals surface area contributed by atoms with E-state index in [1.807, 2.05) is 7.05 Å². The van der Waals surface area contributed by atoms with Crippen LogP contribution in [-0.4, -0.2) is 69.2 Å². The molecule has 2 atom stereocenters. The zero-order valence-corrected chi connectivity index (χ0v) is 18.6. The van der Waals surface area contributed by atoms with Gasteiger partial charge in [-0.15, -0.1) is 24.0 Å². The third-order valence-corrected chi connectivity index (χ3v) is 5.65. The Kier molecular flexibility index (Phi) is 8.47. The molecule has 2 saturated heterocycles. The molecule has 1 aromatic rings. The van der Waals surface area contributed by atoms with Gasteiger partial charge < -0.3 is 19.9 Å². The van der Waals surface area contributed by atoms with E-state index < -0.39 is 0 Å². The summed E-state index contributed by atoms with van der Waals surface area (Å²) in [7, 11) is 3.61. The second-order valence-electron chi connectivity index (χ2n) is 7.18. The number of halogens is 1. The monoisotopic (exact) mass is 472 g/mol. The van der Waals surface area contributed by atoms with Gasteiger partial charge in [-0.1, -0.05) is 19.1 Å². The summed E-state index contributed by atoms with van der Waals surface area (Å²) in [6, 6.07) is 8.51. The highest BCUT2D eigenvalue weighted by Crippen LogP contribution is 2.28. The summed E-state index contributed by atoms with van der Waals surface area (Å²) in [5.74, 6) is 3.31. The molecule has 0 bridgehead atoms. The summed E-state index contributed by atoms with van der Waals surface area (Å²) < 4.78 is 5.26. The van der Waals surface area contributed by atoms with Crippen molar-refractivity contribution < 1.29 is 4.74 Å². The van der Waals surface area contributed by atoms with Crippen molar-refractivity contribution >= 4 is 29.9 Å². The summed E-state index contributed by atoms with van der Waals surface area (Å²) >= 11 is 0. The van der Waals surface area contributed by atoms with Gasteiger partial charge in [0.15, 0.2) is 5.96 Å². The van der Waals surface area contributed by atoms with Crippen molar-refractivity contribution in [2.75, 3.05) is 53.4 Å². The first-order chi connectivity index (χ1) is 12.2. The van der Waals surface area contributed by atoms with Crippen molar-refractivity contribution in [2.45, 2.75) is 25.7 Å². The van der Waals surface area contributed by atoms with Gasteiger partial charge in [0.25, 0.3) is 0 Å². The van der Waals surface area contributed by atoms with Crippen molar-refractivity contribution in [1.82, 2.24) is 15.1 Å². The molecule has 0 radical (unpaired) electrons. The molecule has 2 aliphatic heterocycles. The van der Waals surface area contributed by atoms with Crippen LogP contribution >= 0.6 is 24.0 Å². The molecule has 26 heavy (non-hydrogen) atoms. The van der Waals surface area contributed by atoms with Crippen molar-refractivity contribution in [3.05, 3.63) is 29.8 Å². The largest absolute Gasteiger partial charge is 0.497 e. The van der Waals surface area contributed by atoms with Crippen LogP contribution in [0.3, 0.4) is 0 Å². The van der Waals surface area contributed by atoms with Crippen LogP contribution in [-0.2, 0) is 0 Å². The number of ether oxygens (including phenoxy) is 1. The fraction of sp³-hybridized carbons (Fsp3) is 0.650. The number of nitrogens with one attached hydrogen (secondary N) is 1. The molecule has 1 aromatic carbocycles. The molecular weight excluding hydrogens is 439 g/mol. The van der Waals surface area contributed by atoms with Crippen molar-refractivity contribution in [3.63, 3.8) is 0 Å². The molecule has 5 nitrogen and oxygen atoms in total. The van der Waals surface area contributed by atoms with Gasteiger partial charge in [0.05, 0.1) is 7.11 Å². The highest BCUT2D eigenvalue weighted by atomic mass is 127. The first-order valence-corrected chi connectivity index (χ1v) is 9.55. The minimum absolute atomic E-state index is 0. The molecule has 146 valence electrons. The van der Waals surface area contributed by atoms with E-state index >= 15 is 0 Å². The van der Waals surface area contributed by atoms with Gasteiger partial charge in [-0.05, 0) is 49.5 Å². The lowest BCUT2D eigenvalue weighted by molar-refractivity contribution is 0.341.